The molecular weight excluding hydrogens is 413 g/mol. The zero-order valence-electron chi connectivity index (χ0n) is 18.4. The van der Waals surface area contributed by atoms with Crippen LogP contribution in [0.4, 0.5) is 4.39 Å². The van der Waals surface area contributed by atoms with Crippen molar-refractivity contribution in [3.63, 3.8) is 0 Å². The number of amides is 1. The lowest BCUT2D eigenvalue weighted by Crippen LogP contribution is -2.50. The van der Waals surface area contributed by atoms with Crippen molar-refractivity contribution in [2.45, 2.75) is 51.9 Å². The van der Waals surface area contributed by atoms with E-state index in [0.717, 1.165) is 37.3 Å². The predicted molar refractivity (Wildman–Crippen MR) is 113 cm³/mol. The van der Waals surface area contributed by atoms with Gasteiger partial charge in [0, 0.05) is 24.6 Å². The summed E-state index contributed by atoms with van der Waals surface area (Å²) in [5, 5.41) is 1.77. The number of nitrogens with one attached hydrogen (secondary N) is 2. The highest BCUT2D eigenvalue weighted by atomic mass is 19.1. The summed E-state index contributed by atoms with van der Waals surface area (Å²) in [6, 6.07) is 2.44. The number of Topliss-reactive ketones (excluding diaryl/α,β-unsaturated/α-hetero) is 1. The number of carbonyl (C=O) groups is 2. The van der Waals surface area contributed by atoms with Gasteiger partial charge in [-0.15, -0.1) is 5.59 Å². The Morgan fingerprint density at radius 3 is 2.75 bits per heavy atom. The molecule has 3 bridgehead atoms. The Bertz CT molecular complexity index is 978. The maximum atomic E-state index is 14.8. The molecule has 4 aliphatic carbocycles. The van der Waals surface area contributed by atoms with Crippen molar-refractivity contribution >= 4 is 11.7 Å². The summed E-state index contributed by atoms with van der Waals surface area (Å²) in [5.74, 6) is 0.994. The van der Waals surface area contributed by atoms with Crippen molar-refractivity contribution in [1.29, 1.82) is 0 Å². The second-order valence-corrected chi connectivity index (χ2v) is 10.9. The van der Waals surface area contributed by atoms with Gasteiger partial charge in [0.2, 0.25) is 0 Å². The molecule has 6 rings (SSSR count). The van der Waals surface area contributed by atoms with Crippen molar-refractivity contribution < 1.29 is 23.7 Å². The summed E-state index contributed by atoms with van der Waals surface area (Å²) in [6.07, 6.45) is 8.75. The zero-order valence-corrected chi connectivity index (χ0v) is 18.4. The Balaban J connectivity index is 1.16. The molecule has 2 N–H and O–H groups in total. The Morgan fingerprint density at radius 2 is 2.00 bits per heavy atom. The minimum Gasteiger partial charge on any atom is -0.492 e. The molecule has 0 radical (unpaired) electrons. The molecule has 5 unspecified atom stereocenters. The summed E-state index contributed by atoms with van der Waals surface area (Å²) in [7, 11) is 0. The Hall–Kier alpha value is -2.03. The first kappa shape index (κ1) is 20.6. The minimum atomic E-state index is -0.760. The third kappa shape index (κ3) is 3.10. The molecule has 5 fully saturated rings. The average Bonchev–Trinajstić information content (AvgIpc) is 3.03. The first-order valence-electron chi connectivity index (χ1n) is 11.8. The van der Waals surface area contributed by atoms with Gasteiger partial charge in [0.15, 0.2) is 5.78 Å². The Labute approximate surface area is 186 Å². The molecule has 0 aromatic heterocycles. The first-order chi connectivity index (χ1) is 15.4. The molecule has 1 aliphatic heterocycles. The van der Waals surface area contributed by atoms with Crippen LogP contribution in [0.1, 0.15) is 72.6 Å². The molecule has 1 aromatic carbocycles. The molecule has 5 atom stereocenters. The van der Waals surface area contributed by atoms with Crippen LogP contribution in [-0.2, 0) is 4.94 Å². The molecule has 32 heavy (non-hydrogen) atoms. The first-order valence-corrected chi connectivity index (χ1v) is 11.8. The van der Waals surface area contributed by atoms with Crippen LogP contribution in [0.25, 0.3) is 0 Å². The normalized spacial score (nSPS) is 36.4. The van der Waals surface area contributed by atoms with Gasteiger partial charge in [-0.1, -0.05) is 0 Å². The molecule has 4 saturated carbocycles. The number of benzene rings is 1. The molecule has 1 heterocycles. The maximum Gasteiger partial charge on any atom is 0.279 e. The van der Waals surface area contributed by atoms with Crippen molar-refractivity contribution in [2.24, 2.45) is 28.6 Å². The van der Waals surface area contributed by atoms with Crippen LogP contribution in [0.5, 0.6) is 5.75 Å². The highest BCUT2D eigenvalue weighted by Gasteiger charge is 2.70. The highest BCUT2D eigenvalue weighted by molar-refractivity contribution is 6.01. The van der Waals surface area contributed by atoms with Crippen LogP contribution in [-0.4, -0.2) is 36.4 Å². The zero-order chi connectivity index (χ0) is 22.1. The molecular formula is C24H30FN3O4. The molecule has 172 valence electrons. The van der Waals surface area contributed by atoms with Gasteiger partial charge in [0.1, 0.15) is 11.6 Å². The largest absolute Gasteiger partial charge is 0.492 e. The van der Waals surface area contributed by atoms with Crippen LogP contribution in [0.15, 0.2) is 12.1 Å². The van der Waals surface area contributed by atoms with Gasteiger partial charge in [-0.2, -0.15) is 4.94 Å². The van der Waals surface area contributed by atoms with Crippen molar-refractivity contribution in [2.75, 3.05) is 19.7 Å². The summed E-state index contributed by atoms with van der Waals surface area (Å²) in [6.45, 7) is 3.55. The molecule has 1 saturated heterocycles. The van der Waals surface area contributed by atoms with Gasteiger partial charge in [-0.05, 0) is 81.1 Å². The topological polar surface area (TPSA) is 79.9 Å². The highest BCUT2D eigenvalue weighted by Crippen LogP contribution is 2.78. The van der Waals surface area contributed by atoms with Crippen molar-refractivity contribution in [3.05, 3.63) is 29.1 Å². The van der Waals surface area contributed by atoms with Crippen LogP contribution >= 0.6 is 0 Å². The fourth-order valence-corrected chi connectivity index (χ4v) is 7.66. The monoisotopic (exact) mass is 443 g/mol. The van der Waals surface area contributed by atoms with E-state index in [-0.39, 0.29) is 28.1 Å². The van der Waals surface area contributed by atoms with Crippen molar-refractivity contribution in [3.8, 4) is 5.75 Å². The molecule has 5 aliphatic rings. The van der Waals surface area contributed by atoms with Gasteiger partial charge < -0.3 is 4.74 Å². The third-order valence-corrected chi connectivity index (χ3v) is 8.99. The summed E-state index contributed by atoms with van der Waals surface area (Å²) in [4.78, 5) is 29.6. The Kier molecular flexibility index (Phi) is 4.65. The van der Waals surface area contributed by atoms with Crippen LogP contribution in [0.2, 0.25) is 0 Å². The van der Waals surface area contributed by atoms with Crippen LogP contribution < -0.4 is 15.8 Å². The van der Waals surface area contributed by atoms with Gasteiger partial charge >= 0.3 is 0 Å². The number of ether oxygens (including phenoxy) is 1. The second kappa shape index (κ2) is 7.23. The number of fused-ring (bicyclic) bond motifs is 2. The standard InChI is InChI=1S/C24H30FN3O4/c1-14(29)18-7-19(22(30)26-32-27-28-3-2-4-28)20(25)8-21(18)31-13-23-9-15-5-16-6-17(11-23)24(16,10-15)12-23/h7-8,15-17,27H,2-6,9-13H2,1H3,(H,26,30). The van der Waals surface area contributed by atoms with E-state index in [1.807, 2.05) is 0 Å². The summed E-state index contributed by atoms with van der Waals surface area (Å²) in [5.41, 5.74) is 5.41. The van der Waals surface area contributed by atoms with E-state index in [2.05, 4.69) is 11.1 Å². The summed E-state index contributed by atoms with van der Waals surface area (Å²) < 4.78 is 21.0. The lowest BCUT2D eigenvalue weighted by molar-refractivity contribution is -0.142. The molecule has 7 nitrogen and oxygen atoms in total. The van der Waals surface area contributed by atoms with Crippen LogP contribution in [0.3, 0.4) is 0 Å². The second-order valence-electron chi connectivity index (χ2n) is 10.9. The molecule has 1 spiro atoms. The van der Waals surface area contributed by atoms with E-state index in [1.165, 1.54) is 57.6 Å². The third-order valence-electron chi connectivity index (χ3n) is 8.99. The number of nitrogens with zero attached hydrogens (tertiary/aromatic N) is 1. The van der Waals surface area contributed by atoms with E-state index in [9.17, 15) is 14.0 Å². The maximum absolute atomic E-state index is 14.8. The van der Waals surface area contributed by atoms with E-state index in [0.29, 0.717) is 12.0 Å². The molecule has 1 amide bonds. The lowest BCUT2D eigenvalue weighted by atomic mass is 9.55. The van der Waals surface area contributed by atoms with Gasteiger partial charge in [0.05, 0.1) is 17.7 Å². The predicted octanol–water partition coefficient (Wildman–Crippen LogP) is 3.41. The SMILES string of the molecule is CC(=O)c1cc(C(=O)NONN2CCC2)c(F)cc1OCC12CC3CC4CC(C1)C4(C3)C2. The Morgan fingerprint density at radius 1 is 1.16 bits per heavy atom. The van der Waals surface area contributed by atoms with Crippen LogP contribution in [0, 0.1) is 34.4 Å². The number of ketones is 1. The van der Waals surface area contributed by atoms with Crippen molar-refractivity contribution in [1.82, 2.24) is 16.1 Å². The number of rotatable bonds is 8. The smallest absolute Gasteiger partial charge is 0.279 e. The average molecular weight is 444 g/mol. The number of carbonyl (C=O) groups excluding carboxylic acids is 2. The molecule has 1 aromatic rings. The van der Waals surface area contributed by atoms with E-state index in [4.69, 9.17) is 9.68 Å². The van der Waals surface area contributed by atoms with Gasteiger partial charge in [0.25, 0.3) is 5.91 Å². The van der Waals surface area contributed by atoms with Gasteiger partial charge in [-0.3, -0.25) is 9.59 Å². The molecule has 8 heteroatoms. The fraction of sp³-hybridized carbons (Fsp3) is 0.667. The number of halogens is 1. The lowest BCUT2D eigenvalue weighted by Gasteiger charge is -2.49. The summed E-state index contributed by atoms with van der Waals surface area (Å²) >= 11 is 0. The number of hydrogen-bond donors (Lipinski definition) is 2. The van der Waals surface area contributed by atoms with Gasteiger partial charge in [-0.25, -0.2) is 14.9 Å². The number of hydrogen-bond acceptors (Lipinski definition) is 6. The van der Waals surface area contributed by atoms with E-state index < -0.39 is 11.7 Å². The minimum absolute atomic E-state index is 0.149. The number of hydroxylamine groups is 1. The van der Waals surface area contributed by atoms with E-state index >= 15 is 0 Å². The number of hydrazine groups is 1. The van der Waals surface area contributed by atoms with E-state index in [1.54, 1.807) is 5.01 Å². The fourth-order valence-electron chi connectivity index (χ4n) is 7.66. The quantitative estimate of drug-likeness (QED) is 0.474.